The van der Waals surface area contributed by atoms with Gasteiger partial charge < -0.3 is 33.6 Å². The molecule has 0 spiro atoms. The van der Waals surface area contributed by atoms with Crippen molar-refractivity contribution >= 4 is 11.0 Å². The zero-order valence-corrected chi connectivity index (χ0v) is 16.1. The second-order valence-corrected chi connectivity index (χ2v) is 6.68. The largest absolute Gasteiger partial charge is 0.504 e. The average Bonchev–Trinajstić information content (AvgIpc) is 2.74. The third-order valence-electron chi connectivity index (χ3n) is 4.87. The molecule has 29 heavy (non-hydrogen) atoms. The van der Waals surface area contributed by atoms with Crippen LogP contribution in [-0.2, 0) is 0 Å². The predicted molar refractivity (Wildman–Crippen MR) is 103 cm³/mol. The Morgan fingerprint density at radius 1 is 1.03 bits per heavy atom. The molecule has 0 saturated heterocycles. The van der Waals surface area contributed by atoms with E-state index in [1.807, 2.05) is 0 Å². The minimum absolute atomic E-state index is 0.0271. The quantitative estimate of drug-likeness (QED) is 0.644. The predicted octanol–water partition coefficient (Wildman–Crippen LogP) is 2.70. The van der Waals surface area contributed by atoms with E-state index in [2.05, 4.69) is 0 Å². The highest BCUT2D eigenvalue weighted by Crippen LogP contribution is 2.50. The van der Waals surface area contributed by atoms with Gasteiger partial charge in [-0.3, -0.25) is 0 Å². The fourth-order valence-corrected chi connectivity index (χ4v) is 3.44. The minimum Gasteiger partial charge on any atom is -0.504 e. The van der Waals surface area contributed by atoms with Crippen molar-refractivity contribution in [3.05, 3.63) is 51.9 Å². The van der Waals surface area contributed by atoms with Crippen LogP contribution in [0.4, 0.5) is 0 Å². The molecule has 0 aliphatic carbocycles. The Morgan fingerprint density at radius 2 is 1.79 bits per heavy atom. The number of aliphatic hydroxyl groups excluding tert-OH is 1. The van der Waals surface area contributed by atoms with Crippen LogP contribution in [0.1, 0.15) is 17.2 Å². The molecule has 3 aromatic rings. The Morgan fingerprint density at radius 3 is 2.48 bits per heavy atom. The summed E-state index contributed by atoms with van der Waals surface area (Å²) in [6, 6.07) is 7.93. The molecule has 1 aliphatic rings. The van der Waals surface area contributed by atoms with Crippen molar-refractivity contribution in [2.75, 3.05) is 20.8 Å². The maximum absolute atomic E-state index is 11.7. The number of aromatic hydroxyl groups is 1. The summed E-state index contributed by atoms with van der Waals surface area (Å²) < 4.78 is 28.2. The van der Waals surface area contributed by atoms with Crippen LogP contribution in [-0.4, -0.2) is 37.1 Å². The number of methoxy groups -OCH3 is 2. The minimum atomic E-state index is -0.794. The van der Waals surface area contributed by atoms with Crippen LogP contribution in [0, 0.1) is 6.92 Å². The van der Waals surface area contributed by atoms with E-state index in [1.54, 1.807) is 31.2 Å². The van der Waals surface area contributed by atoms with Gasteiger partial charge >= 0.3 is 5.63 Å². The highest BCUT2D eigenvalue weighted by Gasteiger charge is 2.37. The number of aliphatic hydroxyl groups is 1. The molecule has 2 atom stereocenters. The standard InChI is InChI=1S/C21H20O8/c1-10-6-12(8-13(25-2)17(10)24)18-15(9-22)27-21-19-11(4-5-16(23)28-19)7-14(26-3)20(21)29-18/h4-8,15,18,22,24H,9H2,1-3H3/t15-,18-/m1/s1. The van der Waals surface area contributed by atoms with Crippen LogP contribution in [0.25, 0.3) is 11.0 Å². The van der Waals surface area contributed by atoms with E-state index in [4.69, 9.17) is 23.4 Å². The van der Waals surface area contributed by atoms with E-state index in [0.717, 1.165) is 0 Å². The molecular formula is C21H20O8. The molecule has 2 heterocycles. The summed E-state index contributed by atoms with van der Waals surface area (Å²) in [5, 5.41) is 20.7. The van der Waals surface area contributed by atoms with Gasteiger partial charge in [0.25, 0.3) is 0 Å². The summed E-state index contributed by atoms with van der Waals surface area (Å²) in [5.41, 5.74) is 0.903. The molecule has 0 fully saturated rings. The molecule has 152 valence electrons. The molecule has 0 saturated carbocycles. The molecule has 0 bridgehead atoms. The first-order valence-electron chi connectivity index (χ1n) is 8.93. The topological polar surface area (TPSA) is 108 Å². The Bertz CT molecular complexity index is 1130. The summed E-state index contributed by atoms with van der Waals surface area (Å²) in [5.74, 6) is 1.15. The maximum Gasteiger partial charge on any atom is 0.336 e. The smallest absolute Gasteiger partial charge is 0.336 e. The fourth-order valence-electron chi connectivity index (χ4n) is 3.44. The maximum atomic E-state index is 11.7. The van der Waals surface area contributed by atoms with Gasteiger partial charge in [-0.1, -0.05) is 0 Å². The molecule has 2 N–H and O–H groups in total. The van der Waals surface area contributed by atoms with Crippen LogP contribution in [0.3, 0.4) is 0 Å². The number of rotatable bonds is 4. The Balaban J connectivity index is 1.89. The fraction of sp³-hybridized carbons (Fsp3) is 0.286. The summed E-state index contributed by atoms with van der Waals surface area (Å²) in [6.45, 7) is 1.37. The van der Waals surface area contributed by atoms with Crippen molar-refractivity contribution in [1.29, 1.82) is 0 Å². The van der Waals surface area contributed by atoms with Gasteiger partial charge in [-0.05, 0) is 36.8 Å². The van der Waals surface area contributed by atoms with Gasteiger partial charge in [-0.25, -0.2) is 4.79 Å². The second-order valence-electron chi connectivity index (χ2n) is 6.68. The first kappa shape index (κ1) is 18.9. The average molecular weight is 400 g/mol. The summed E-state index contributed by atoms with van der Waals surface area (Å²) in [7, 11) is 2.94. The molecule has 1 aromatic heterocycles. The first-order valence-corrected chi connectivity index (χ1v) is 8.93. The third kappa shape index (κ3) is 3.11. The van der Waals surface area contributed by atoms with E-state index >= 15 is 0 Å². The van der Waals surface area contributed by atoms with E-state index in [9.17, 15) is 15.0 Å². The lowest BCUT2D eigenvalue weighted by atomic mass is 9.99. The van der Waals surface area contributed by atoms with Crippen LogP contribution in [0.2, 0.25) is 0 Å². The normalized spacial score (nSPS) is 17.9. The number of phenols is 1. The SMILES string of the molecule is COc1cc([C@H]2Oc3c(OC)cc4ccc(=O)oc4c3O[C@@H]2CO)cc(C)c1O. The van der Waals surface area contributed by atoms with Gasteiger partial charge in [-0.2, -0.15) is 0 Å². The third-order valence-corrected chi connectivity index (χ3v) is 4.87. The van der Waals surface area contributed by atoms with E-state index in [-0.39, 0.29) is 35.2 Å². The molecule has 8 nitrogen and oxygen atoms in total. The number of benzene rings is 2. The molecule has 2 aromatic carbocycles. The lowest BCUT2D eigenvalue weighted by Crippen LogP contribution is -2.36. The van der Waals surface area contributed by atoms with Crippen molar-refractivity contribution < 1.29 is 33.6 Å². The first-order chi connectivity index (χ1) is 14.0. The summed E-state index contributed by atoms with van der Waals surface area (Å²) >= 11 is 0. The number of hydrogen-bond acceptors (Lipinski definition) is 8. The van der Waals surface area contributed by atoms with E-state index in [1.165, 1.54) is 20.3 Å². The highest BCUT2D eigenvalue weighted by atomic mass is 16.6. The molecule has 4 rings (SSSR count). The Hall–Kier alpha value is -3.39. The number of hydrogen-bond donors (Lipinski definition) is 2. The summed E-state index contributed by atoms with van der Waals surface area (Å²) in [6.07, 6.45) is -1.51. The van der Waals surface area contributed by atoms with Crippen LogP contribution < -0.4 is 24.6 Å². The van der Waals surface area contributed by atoms with Crippen LogP contribution in [0.15, 0.2) is 39.5 Å². The monoisotopic (exact) mass is 400 g/mol. The van der Waals surface area contributed by atoms with Gasteiger partial charge in [0.15, 0.2) is 35.0 Å². The van der Waals surface area contributed by atoms with Crippen molar-refractivity contribution in [1.82, 2.24) is 0 Å². The van der Waals surface area contributed by atoms with Crippen LogP contribution >= 0.6 is 0 Å². The number of ether oxygens (including phenoxy) is 4. The van der Waals surface area contributed by atoms with Gasteiger partial charge in [0.05, 0.1) is 20.8 Å². The zero-order chi connectivity index (χ0) is 20.7. The summed E-state index contributed by atoms with van der Waals surface area (Å²) in [4.78, 5) is 11.7. The number of phenolic OH excluding ortho intramolecular Hbond substituents is 1. The second kappa shape index (κ2) is 7.21. The molecule has 0 radical (unpaired) electrons. The lowest BCUT2D eigenvalue weighted by Gasteiger charge is -2.34. The van der Waals surface area contributed by atoms with Crippen LogP contribution in [0.5, 0.6) is 28.7 Å². The molecule has 1 aliphatic heterocycles. The van der Waals surface area contributed by atoms with Crippen molar-refractivity contribution in [3.63, 3.8) is 0 Å². The molecule has 0 amide bonds. The van der Waals surface area contributed by atoms with Gasteiger partial charge in [0.2, 0.25) is 11.5 Å². The Kier molecular flexibility index (Phi) is 4.71. The molecule has 0 unspecified atom stereocenters. The Labute approximate surface area is 165 Å². The molecule has 8 heteroatoms. The zero-order valence-electron chi connectivity index (χ0n) is 16.1. The number of aryl methyl sites for hydroxylation is 1. The number of fused-ring (bicyclic) bond motifs is 3. The van der Waals surface area contributed by atoms with E-state index in [0.29, 0.717) is 22.3 Å². The van der Waals surface area contributed by atoms with Gasteiger partial charge in [0.1, 0.15) is 0 Å². The highest BCUT2D eigenvalue weighted by molar-refractivity contribution is 5.88. The lowest BCUT2D eigenvalue weighted by molar-refractivity contribution is -0.0135. The van der Waals surface area contributed by atoms with E-state index < -0.39 is 17.8 Å². The van der Waals surface area contributed by atoms with Gasteiger partial charge in [0, 0.05) is 17.0 Å². The molecular weight excluding hydrogens is 380 g/mol. The van der Waals surface area contributed by atoms with Crippen molar-refractivity contribution in [2.45, 2.75) is 19.1 Å². The van der Waals surface area contributed by atoms with Crippen molar-refractivity contribution in [3.8, 4) is 28.7 Å². The van der Waals surface area contributed by atoms with Gasteiger partial charge in [-0.15, -0.1) is 0 Å². The van der Waals surface area contributed by atoms with Crippen molar-refractivity contribution in [2.24, 2.45) is 0 Å².